The van der Waals surface area contributed by atoms with Crippen molar-refractivity contribution in [3.05, 3.63) is 28.2 Å². The van der Waals surface area contributed by atoms with Crippen LogP contribution < -0.4 is 10.2 Å². The first-order valence-electron chi connectivity index (χ1n) is 7.31. The zero-order valence-electron chi connectivity index (χ0n) is 13.1. The summed E-state index contributed by atoms with van der Waals surface area (Å²) in [6.45, 7) is 11.2. The lowest BCUT2D eigenvalue weighted by Gasteiger charge is -2.26. The van der Waals surface area contributed by atoms with E-state index in [0.29, 0.717) is 5.92 Å². The van der Waals surface area contributed by atoms with Gasteiger partial charge in [-0.1, -0.05) is 35.8 Å². The maximum absolute atomic E-state index is 5.21. The first kappa shape index (κ1) is 17.5. The molecule has 0 fully saturated rings. The van der Waals surface area contributed by atoms with Crippen molar-refractivity contribution in [2.75, 3.05) is 38.3 Å². The molecule has 1 aromatic rings. The van der Waals surface area contributed by atoms with Crippen molar-refractivity contribution in [1.29, 1.82) is 0 Å². The minimum atomic E-state index is 0.671. The van der Waals surface area contributed by atoms with Crippen LogP contribution in [0.15, 0.2) is 22.7 Å². The van der Waals surface area contributed by atoms with E-state index in [2.05, 4.69) is 65.1 Å². The van der Waals surface area contributed by atoms with Crippen LogP contribution in [0.4, 0.5) is 5.69 Å². The molecule has 4 heteroatoms. The van der Waals surface area contributed by atoms with Crippen molar-refractivity contribution in [1.82, 2.24) is 5.32 Å². The molecule has 0 atom stereocenters. The summed E-state index contributed by atoms with van der Waals surface area (Å²) in [7, 11) is 1.75. The molecule has 0 radical (unpaired) electrons. The number of rotatable bonds is 9. The van der Waals surface area contributed by atoms with E-state index in [4.69, 9.17) is 4.74 Å². The number of hydrogen-bond acceptors (Lipinski definition) is 3. The van der Waals surface area contributed by atoms with Gasteiger partial charge in [-0.05, 0) is 37.1 Å². The Kier molecular flexibility index (Phi) is 8.19. The van der Waals surface area contributed by atoms with Gasteiger partial charge in [0, 0.05) is 36.9 Å². The van der Waals surface area contributed by atoms with Crippen LogP contribution in [-0.4, -0.2) is 33.4 Å². The van der Waals surface area contributed by atoms with Crippen molar-refractivity contribution in [3.8, 4) is 0 Å². The van der Waals surface area contributed by atoms with Gasteiger partial charge in [0.05, 0.1) is 6.61 Å². The topological polar surface area (TPSA) is 24.5 Å². The Labute approximate surface area is 131 Å². The first-order chi connectivity index (χ1) is 9.58. The van der Waals surface area contributed by atoms with Crippen LogP contribution in [0.3, 0.4) is 0 Å². The van der Waals surface area contributed by atoms with Gasteiger partial charge >= 0.3 is 0 Å². The van der Waals surface area contributed by atoms with Crippen molar-refractivity contribution in [2.24, 2.45) is 5.92 Å². The van der Waals surface area contributed by atoms with Crippen LogP contribution in [-0.2, 0) is 11.3 Å². The van der Waals surface area contributed by atoms with Gasteiger partial charge in [0.1, 0.15) is 0 Å². The van der Waals surface area contributed by atoms with Gasteiger partial charge in [0.2, 0.25) is 0 Å². The molecule has 114 valence electrons. The highest BCUT2D eigenvalue weighted by Crippen LogP contribution is 2.25. The fraction of sp³-hybridized carbons (Fsp3) is 0.625. The summed E-state index contributed by atoms with van der Waals surface area (Å²) >= 11 is 3.58. The number of methoxy groups -OCH3 is 1. The van der Waals surface area contributed by atoms with E-state index in [-0.39, 0.29) is 0 Å². The number of anilines is 1. The van der Waals surface area contributed by atoms with Crippen LogP contribution in [0.25, 0.3) is 0 Å². The molecular weight excluding hydrogens is 316 g/mol. The van der Waals surface area contributed by atoms with E-state index >= 15 is 0 Å². The summed E-state index contributed by atoms with van der Waals surface area (Å²) < 4.78 is 6.33. The van der Waals surface area contributed by atoms with Gasteiger partial charge in [-0.2, -0.15) is 0 Å². The van der Waals surface area contributed by atoms with E-state index in [1.165, 1.54) is 11.3 Å². The normalized spacial score (nSPS) is 11.1. The summed E-state index contributed by atoms with van der Waals surface area (Å²) in [6.07, 6.45) is 0. The second-order valence-corrected chi connectivity index (χ2v) is 6.29. The van der Waals surface area contributed by atoms with Crippen molar-refractivity contribution >= 4 is 21.6 Å². The molecule has 1 N–H and O–H groups in total. The predicted octanol–water partition coefficient (Wildman–Crippen LogP) is 3.67. The van der Waals surface area contributed by atoms with E-state index in [9.17, 15) is 0 Å². The van der Waals surface area contributed by atoms with Gasteiger partial charge in [-0.15, -0.1) is 0 Å². The van der Waals surface area contributed by atoms with Crippen molar-refractivity contribution in [3.63, 3.8) is 0 Å². The Hall–Kier alpha value is -0.580. The summed E-state index contributed by atoms with van der Waals surface area (Å²) in [5.74, 6) is 0.671. The lowest BCUT2D eigenvalue weighted by atomic mass is 10.1. The molecule has 20 heavy (non-hydrogen) atoms. The third-order valence-electron chi connectivity index (χ3n) is 3.20. The number of benzene rings is 1. The highest BCUT2D eigenvalue weighted by atomic mass is 79.9. The summed E-state index contributed by atoms with van der Waals surface area (Å²) in [4.78, 5) is 2.36. The summed E-state index contributed by atoms with van der Waals surface area (Å²) in [5.41, 5.74) is 2.63. The molecule has 1 aromatic carbocycles. The number of ether oxygens (including phenoxy) is 1. The highest BCUT2D eigenvalue weighted by Gasteiger charge is 2.10. The SMILES string of the molecule is CCN(CCOC)c1cc(Br)ccc1CNCC(C)C. The van der Waals surface area contributed by atoms with Gasteiger partial charge in [-0.3, -0.25) is 0 Å². The molecule has 3 nitrogen and oxygen atoms in total. The second-order valence-electron chi connectivity index (χ2n) is 5.37. The number of halogens is 1. The molecule has 0 aliphatic rings. The summed E-state index contributed by atoms with van der Waals surface area (Å²) in [6, 6.07) is 6.51. The van der Waals surface area contributed by atoms with Gasteiger partial charge in [-0.25, -0.2) is 0 Å². The molecule has 0 aliphatic heterocycles. The smallest absolute Gasteiger partial charge is 0.0637 e. The fourth-order valence-corrected chi connectivity index (χ4v) is 2.48. The van der Waals surface area contributed by atoms with Crippen LogP contribution in [0.1, 0.15) is 26.3 Å². The summed E-state index contributed by atoms with van der Waals surface area (Å²) in [5, 5.41) is 3.52. The molecule has 1 rings (SSSR count). The number of nitrogens with zero attached hydrogens (tertiary/aromatic N) is 1. The van der Waals surface area contributed by atoms with Gasteiger partial charge in [0.15, 0.2) is 0 Å². The Morgan fingerprint density at radius 3 is 2.70 bits per heavy atom. The largest absolute Gasteiger partial charge is 0.383 e. The fourth-order valence-electron chi connectivity index (χ4n) is 2.13. The predicted molar refractivity (Wildman–Crippen MR) is 90.4 cm³/mol. The molecule has 0 unspecified atom stereocenters. The van der Waals surface area contributed by atoms with Crippen molar-refractivity contribution in [2.45, 2.75) is 27.3 Å². The van der Waals surface area contributed by atoms with Crippen LogP contribution in [0.5, 0.6) is 0 Å². The molecule has 0 spiro atoms. The average Bonchev–Trinajstić information content (AvgIpc) is 2.41. The monoisotopic (exact) mass is 342 g/mol. The highest BCUT2D eigenvalue weighted by molar-refractivity contribution is 9.10. The quantitative estimate of drug-likeness (QED) is 0.740. The average molecular weight is 343 g/mol. The number of hydrogen-bond donors (Lipinski definition) is 1. The Morgan fingerprint density at radius 2 is 2.10 bits per heavy atom. The van der Waals surface area contributed by atoms with Gasteiger partial charge in [0.25, 0.3) is 0 Å². The molecular formula is C16H27BrN2O. The molecule has 0 aromatic heterocycles. The minimum absolute atomic E-state index is 0.671. The molecule has 0 heterocycles. The maximum atomic E-state index is 5.21. The Balaban J connectivity index is 2.82. The van der Waals surface area contributed by atoms with E-state index in [0.717, 1.165) is 37.3 Å². The van der Waals surface area contributed by atoms with E-state index in [1.54, 1.807) is 7.11 Å². The third-order valence-corrected chi connectivity index (χ3v) is 3.70. The molecule has 0 amide bonds. The first-order valence-corrected chi connectivity index (χ1v) is 8.10. The lowest BCUT2D eigenvalue weighted by molar-refractivity contribution is 0.205. The molecule has 0 bridgehead atoms. The van der Waals surface area contributed by atoms with E-state index < -0.39 is 0 Å². The molecule has 0 saturated heterocycles. The minimum Gasteiger partial charge on any atom is -0.383 e. The van der Waals surface area contributed by atoms with E-state index in [1.807, 2.05) is 0 Å². The van der Waals surface area contributed by atoms with Crippen molar-refractivity contribution < 1.29 is 4.74 Å². The lowest BCUT2D eigenvalue weighted by Crippen LogP contribution is -2.29. The maximum Gasteiger partial charge on any atom is 0.0637 e. The second kappa shape index (κ2) is 9.37. The van der Waals surface area contributed by atoms with Crippen LogP contribution in [0, 0.1) is 5.92 Å². The molecule has 0 saturated carbocycles. The van der Waals surface area contributed by atoms with Crippen LogP contribution >= 0.6 is 15.9 Å². The number of likely N-dealkylation sites (N-methyl/N-ethyl adjacent to an activating group) is 1. The third kappa shape index (κ3) is 5.81. The van der Waals surface area contributed by atoms with Gasteiger partial charge < -0.3 is 15.0 Å². The zero-order chi connectivity index (χ0) is 15.0. The molecule has 0 aliphatic carbocycles. The van der Waals surface area contributed by atoms with Crippen LogP contribution in [0.2, 0.25) is 0 Å². The number of nitrogens with one attached hydrogen (secondary N) is 1. The Morgan fingerprint density at radius 1 is 1.35 bits per heavy atom. The zero-order valence-corrected chi connectivity index (χ0v) is 14.7. The standard InChI is InChI=1S/C16H27BrN2O/c1-5-19(8-9-20-4)16-10-15(17)7-6-14(16)12-18-11-13(2)3/h6-7,10,13,18H,5,8-9,11-12H2,1-4H3. The Bertz CT molecular complexity index is 396.